The average molecular weight is 329 g/mol. The number of anilines is 2. The van der Waals surface area contributed by atoms with Gasteiger partial charge in [0.25, 0.3) is 0 Å². The van der Waals surface area contributed by atoms with E-state index in [2.05, 4.69) is 30.8 Å². The molecule has 1 saturated heterocycles. The molecule has 118 valence electrons. The van der Waals surface area contributed by atoms with Gasteiger partial charge < -0.3 is 14.8 Å². The van der Waals surface area contributed by atoms with Gasteiger partial charge >= 0.3 is 0 Å². The second-order valence-electron chi connectivity index (χ2n) is 5.61. The number of aromatic nitrogens is 4. The Balaban J connectivity index is 1.52. The number of halogens is 1. The molecule has 7 heteroatoms. The summed E-state index contributed by atoms with van der Waals surface area (Å²) < 4.78 is 0. The summed E-state index contributed by atoms with van der Waals surface area (Å²) in [5.41, 5.74) is 2.08. The summed E-state index contributed by atoms with van der Waals surface area (Å²) in [6.07, 6.45) is 4.36. The summed E-state index contributed by atoms with van der Waals surface area (Å²) in [5, 5.41) is 0.431. The van der Waals surface area contributed by atoms with E-state index < -0.39 is 0 Å². The van der Waals surface area contributed by atoms with Crippen molar-refractivity contribution >= 4 is 34.4 Å². The van der Waals surface area contributed by atoms with Gasteiger partial charge in [-0.15, -0.1) is 0 Å². The first-order chi connectivity index (χ1) is 11.3. The SMILES string of the molecule is Clc1cncc(N2CCCN(c3nc4ccccc4[nH]3)CC2)n1. The predicted octanol–water partition coefficient (Wildman–Crippen LogP) is 2.72. The predicted molar refractivity (Wildman–Crippen MR) is 92.2 cm³/mol. The zero-order chi connectivity index (χ0) is 15.6. The van der Waals surface area contributed by atoms with Crippen LogP contribution < -0.4 is 9.80 Å². The van der Waals surface area contributed by atoms with E-state index in [0.29, 0.717) is 5.15 Å². The molecule has 0 bridgehead atoms. The van der Waals surface area contributed by atoms with E-state index in [1.807, 2.05) is 18.2 Å². The number of nitrogens with zero attached hydrogens (tertiary/aromatic N) is 5. The summed E-state index contributed by atoms with van der Waals surface area (Å²) in [6.45, 7) is 3.65. The number of H-pyrrole nitrogens is 1. The molecule has 4 rings (SSSR count). The zero-order valence-corrected chi connectivity index (χ0v) is 13.4. The average Bonchev–Trinajstić information content (AvgIpc) is 2.84. The Morgan fingerprint density at radius 1 is 0.957 bits per heavy atom. The molecule has 2 aromatic heterocycles. The van der Waals surface area contributed by atoms with Crippen molar-refractivity contribution in [3.63, 3.8) is 0 Å². The molecule has 0 amide bonds. The van der Waals surface area contributed by atoms with Gasteiger partial charge in [0, 0.05) is 26.2 Å². The lowest BCUT2D eigenvalue weighted by Crippen LogP contribution is -2.31. The number of para-hydroxylation sites is 2. The topological polar surface area (TPSA) is 60.9 Å². The van der Waals surface area contributed by atoms with Gasteiger partial charge in [-0.05, 0) is 18.6 Å². The Morgan fingerprint density at radius 3 is 2.65 bits per heavy atom. The van der Waals surface area contributed by atoms with Gasteiger partial charge in [-0.1, -0.05) is 23.7 Å². The Labute approximate surface area is 139 Å². The van der Waals surface area contributed by atoms with E-state index >= 15 is 0 Å². The third-order valence-corrected chi connectivity index (χ3v) is 4.27. The van der Waals surface area contributed by atoms with Crippen LogP contribution in [0, 0.1) is 0 Å². The Kier molecular flexibility index (Phi) is 3.75. The van der Waals surface area contributed by atoms with E-state index in [1.54, 1.807) is 12.4 Å². The number of hydrogen-bond acceptors (Lipinski definition) is 5. The van der Waals surface area contributed by atoms with Crippen LogP contribution in [0.15, 0.2) is 36.7 Å². The lowest BCUT2D eigenvalue weighted by Gasteiger charge is -2.22. The lowest BCUT2D eigenvalue weighted by atomic mass is 10.3. The summed E-state index contributed by atoms with van der Waals surface area (Å²) in [4.78, 5) is 21.1. The van der Waals surface area contributed by atoms with E-state index in [1.165, 1.54) is 0 Å². The fraction of sp³-hybridized carbons (Fsp3) is 0.312. The first-order valence-corrected chi connectivity index (χ1v) is 8.09. The quantitative estimate of drug-likeness (QED) is 0.783. The normalized spacial score (nSPS) is 15.9. The Bertz CT molecular complexity index is 784. The highest BCUT2D eigenvalue weighted by molar-refractivity contribution is 6.29. The van der Waals surface area contributed by atoms with Crippen LogP contribution >= 0.6 is 11.6 Å². The summed E-state index contributed by atoms with van der Waals surface area (Å²) >= 11 is 5.95. The van der Waals surface area contributed by atoms with Gasteiger partial charge in [0.2, 0.25) is 5.95 Å². The van der Waals surface area contributed by atoms with E-state index in [0.717, 1.165) is 55.4 Å². The summed E-state index contributed by atoms with van der Waals surface area (Å²) in [6, 6.07) is 8.11. The first-order valence-electron chi connectivity index (χ1n) is 7.72. The van der Waals surface area contributed by atoms with Crippen LogP contribution in [-0.4, -0.2) is 46.1 Å². The van der Waals surface area contributed by atoms with Gasteiger partial charge in [-0.3, -0.25) is 4.98 Å². The molecule has 0 aliphatic carbocycles. The van der Waals surface area contributed by atoms with Crippen molar-refractivity contribution in [1.82, 2.24) is 19.9 Å². The molecule has 0 spiro atoms. The number of rotatable bonds is 2. The third kappa shape index (κ3) is 2.94. The second-order valence-corrected chi connectivity index (χ2v) is 5.99. The Hall–Kier alpha value is -2.34. The van der Waals surface area contributed by atoms with Gasteiger partial charge in [-0.2, -0.15) is 0 Å². The summed E-state index contributed by atoms with van der Waals surface area (Å²) in [7, 11) is 0. The molecule has 3 aromatic rings. The monoisotopic (exact) mass is 328 g/mol. The van der Waals surface area contributed by atoms with E-state index in [9.17, 15) is 0 Å². The number of fused-ring (bicyclic) bond motifs is 1. The van der Waals surface area contributed by atoms with Crippen LogP contribution in [0.1, 0.15) is 6.42 Å². The fourth-order valence-corrected chi connectivity index (χ4v) is 3.08. The van der Waals surface area contributed by atoms with Crippen molar-refractivity contribution in [2.75, 3.05) is 36.0 Å². The molecule has 0 saturated carbocycles. The minimum atomic E-state index is 0.431. The van der Waals surface area contributed by atoms with Gasteiger partial charge in [0.15, 0.2) is 0 Å². The number of hydrogen-bond donors (Lipinski definition) is 1. The summed E-state index contributed by atoms with van der Waals surface area (Å²) in [5.74, 6) is 1.77. The molecule has 1 fully saturated rings. The fourth-order valence-electron chi connectivity index (χ4n) is 2.93. The lowest BCUT2D eigenvalue weighted by molar-refractivity contribution is 0.788. The van der Waals surface area contributed by atoms with Crippen LogP contribution in [0.2, 0.25) is 5.15 Å². The highest BCUT2D eigenvalue weighted by atomic mass is 35.5. The van der Waals surface area contributed by atoms with Crippen molar-refractivity contribution in [2.45, 2.75) is 6.42 Å². The van der Waals surface area contributed by atoms with Crippen LogP contribution in [0.25, 0.3) is 11.0 Å². The van der Waals surface area contributed by atoms with Crippen molar-refractivity contribution < 1.29 is 0 Å². The molecule has 23 heavy (non-hydrogen) atoms. The number of nitrogens with one attached hydrogen (secondary N) is 1. The maximum atomic E-state index is 5.95. The van der Waals surface area contributed by atoms with E-state index in [4.69, 9.17) is 16.6 Å². The second kappa shape index (κ2) is 6.04. The Morgan fingerprint density at radius 2 is 1.78 bits per heavy atom. The number of imidazole rings is 1. The molecule has 1 N–H and O–H groups in total. The molecule has 0 atom stereocenters. The van der Waals surface area contributed by atoms with Crippen LogP contribution in [0.5, 0.6) is 0 Å². The van der Waals surface area contributed by atoms with Gasteiger partial charge in [-0.25, -0.2) is 9.97 Å². The van der Waals surface area contributed by atoms with Crippen LogP contribution in [-0.2, 0) is 0 Å². The molecule has 3 heterocycles. The largest absolute Gasteiger partial charge is 0.353 e. The molecule has 1 aromatic carbocycles. The van der Waals surface area contributed by atoms with Crippen LogP contribution in [0.4, 0.5) is 11.8 Å². The molecular weight excluding hydrogens is 312 g/mol. The molecule has 1 aliphatic rings. The highest BCUT2D eigenvalue weighted by Gasteiger charge is 2.18. The maximum Gasteiger partial charge on any atom is 0.203 e. The minimum Gasteiger partial charge on any atom is -0.353 e. The first kappa shape index (κ1) is 14.3. The maximum absolute atomic E-state index is 5.95. The number of benzene rings is 1. The van der Waals surface area contributed by atoms with Crippen molar-refractivity contribution in [3.8, 4) is 0 Å². The highest BCUT2D eigenvalue weighted by Crippen LogP contribution is 2.20. The molecular formula is C16H17ClN6. The smallest absolute Gasteiger partial charge is 0.203 e. The molecule has 1 aliphatic heterocycles. The van der Waals surface area contributed by atoms with E-state index in [-0.39, 0.29) is 0 Å². The van der Waals surface area contributed by atoms with Gasteiger partial charge in [0.05, 0.1) is 23.4 Å². The minimum absolute atomic E-state index is 0.431. The standard InChI is InChI=1S/C16H17ClN6/c17-14-10-18-11-15(21-14)22-6-3-7-23(9-8-22)16-19-12-4-1-2-5-13(12)20-16/h1-2,4-5,10-11H,3,6-9H2,(H,19,20). The van der Waals surface area contributed by atoms with Crippen LogP contribution in [0.3, 0.4) is 0 Å². The molecule has 0 unspecified atom stereocenters. The van der Waals surface area contributed by atoms with Crippen molar-refractivity contribution in [1.29, 1.82) is 0 Å². The third-order valence-electron chi connectivity index (χ3n) is 4.09. The van der Waals surface area contributed by atoms with Crippen molar-refractivity contribution in [3.05, 3.63) is 41.8 Å². The molecule has 6 nitrogen and oxygen atoms in total. The number of aromatic amines is 1. The zero-order valence-electron chi connectivity index (χ0n) is 12.6. The van der Waals surface area contributed by atoms with Gasteiger partial charge in [0.1, 0.15) is 11.0 Å². The van der Waals surface area contributed by atoms with Crippen molar-refractivity contribution in [2.24, 2.45) is 0 Å². The molecule has 0 radical (unpaired) electrons.